The molecule has 1 amide bonds. The van der Waals surface area contributed by atoms with Crippen LogP contribution in [0.3, 0.4) is 0 Å². The van der Waals surface area contributed by atoms with Crippen molar-refractivity contribution in [2.24, 2.45) is 5.92 Å². The Labute approximate surface area is 143 Å². The molecule has 3 rings (SSSR count). The molecule has 1 unspecified atom stereocenters. The van der Waals surface area contributed by atoms with E-state index in [0.29, 0.717) is 17.1 Å². The predicted molar refractivity (Wildman–Crippen MR) is 89.0 cm³/mol. The number of amides is 1. The summed E-state index contributed by atoms with van der Waals surface area (Å²) in [7, 11) is 0. The molecule has 0 bridgehead atoms. The number of ketones is 1. The molecule has 1 N–H and O–H groups in total. The van der Waals surface area contributed by atoms with Crippen LogP contribution < -0.4 is 5.32 Å². The van der Waals surface area contributed by atoms with Crippen molar-refractivity contribution < 1.29 is 19.1 Å². The quantitative estimate of drug-likeness (QED) is 0.684. The standard InChI is InChI=1S/C18H14ClNO4/c19-12-6-7-13-14(10-12)20-17(22)15(16(13)21)18(23)24-9-8-11-4-2-1-3-5-11/h1-7,10,15H,8-9H2,(H,20,22). The minimum Gasteiger partial charge on any atom is -0.464 e. The monoisotopic (exact) mass is 343 g/mol. The third kappa shape index (κ3) is 3.31. The lowest BCUT2D eigenvalue weighted by atomic mass is 9.92. The van der Waals surface area contributed by atoms with Crippen molar-refractivity contribution in [1.29, 1.82) is 0 Å². The third-order valence-corrected chi connectivity index (χ3v) is 3.98. The summed E-state index contributed by atoms with van der Waals surface area (Å²) in [6.45, 7) is 0.105. The van der Waals surface area contributed by atoms with Gasteiger partial charge in [0.15, 0.2) is 11.7 Å². The number of esters is 1. The van der Waals surface area contributed by atoms with Gasteiger partial charge in [-0.1, -0.05) is 41.9 Å². The van der Waals surface area contributed by atoms with Gasteiger partial charge in [0.05, 0.1) is 12.3 Å². The second-order valence-corrected chi connectivity index (χ2v) is 5.82. The van der Waals surface area contributed by atoms with E-state index in [0.717, 1.165) is 5.56 Å². The fourth-order valence-electron chi connectivity index (χ4n) is 2.53. The van der Waals surface area contributed by atoms with Crippen LogP contribution in [0.25, 0.3) is 0 Å². The molecule has 1 atom stereocenters. The Kier molecular flexibility index (Phi) is 4.62. The second-order valence-electron chi connectivity index (χ2n) is 5.38. The molecule has 0 saturated carbocycles. The number of carbonyl (C=O) groups is 3. The average Bonchev–Trinajstić information content (AvgIpc) is 2.55. The summed E-state index contributed by atoms with van der Waals surface area (Å²) in [6, 6.07) is 14.0. The van der Waals surface area contributed by atoms with Crippen molar-refractivity contribution >= 4 is 34.9 Å². The summed E-state index contributed by atoms with van der Waals surface area (Å²) in [5, 5.41) is 2.92. The molecular weight excluding hydrogens is 330 g/mol. The van der Waals surface area contributed by atoms with E-state index in [1.54, 1.807) is 0 Å². The summed E-state index contributed by atoms with van der Waals surface area (Å²) in [6.07, 6.45) is 0.515. The van der Waals surface area contributed by atoms with Crippen molar-refractivity contribution in [1.82, 2.24) is 0 Å². The van der Waals surface area contributed by atoms with E-state index < -0.39 is 23.6 Å². The number of nitrogens with one attached hydrogen (secondary N) is 1. The molecule has 1 aliphatic heterocycles. The highest BCUT2D eigenvalue weighted by atomic mass is 35.5. The Hall–Kier alpha value is -2.66. The van der Waals surface area contributed by atoms with Crippen molar-refractivity contribution in [2.45, 2.75) is 6.42 Å². The second kappa shape index (κ2) is 6.84. The number of fused-ring (bicyclic) bond motifs is 1. The highest BCUT2D eigenvalue weighted by Gasteiger charge is 2.40. The van der Waals surface area contributed by atoms with Crippen LogP contribution in [0.5, 0.6) is 0 Å². The van der Waals surface area contributed by atoms with Crippen LogP contribution in [-0.4, -0.2) is 24.3 Å². The molecule has 6 heteroatoms. The lowest BCUT2D eigenvalue weighted by Gasteiger charge is -2.22. The first-order chi connectivity index (χ1) is 11.6. The number of halogens is 1. The molecule has 0 saturated heterocycles. The van der Waals surface area contributed by atoms with Crippen molar-refractivity contribution in [3.05, 3.63) is 64.7 Å². The van der Waals surface area contributed by atoms with Gasteiger partial charge in [-0.15, -0.1) is 0 Å². The van der Waals surface area contributed by atoms with E-state index in [1.165, 1.54) is 18.2 Å². The van der Waals surface area contributed by atoms with Gasteiger partial charge in [-0.25, -0.2) is 0 Å². The molecule has 0 radical (unpaired) electrons. The van der Waals surface area contributed by atoms with Crippen LogP contribution in [0.1, 0.15) is 15.9 Å². The zero-order valence-electron chi connectivity index (χ0n) is 12.6. The van der Waals surface area contributed by atoms with E-state index in [9.17, 15) is 14.4 Å². The molecule has 24 heavy (non-hydrogen) atoms. The maximum Gasteiger partial charge on any atom is 0.326 e. The number of ether oxygens (including phenoxy) is 1. The van der Waals surface area contributed by atoms with Crippen molar-refractivity contribution in [2.75, 3.05) is 11.9 Å². The van der Waals surface area contributed by atoms with E-state index in [2.05, 4.69) is 5.32 Å². The number of hydrogen-bond acceptors (Lipinski definition) is 4. The van der Waals surface area contributed by atoms with Gasteiger partial charge < -0.3 is 10.1 Å². The predicted octanol–water partition coefficient (Wildman–Crippen LogP) is 2.88. The number of anilines is 1. The Morgan fingerprint density at radius 2 is 1.88 bits per heavy atom. The zero-order valence-corrected chi connectivity index (χ0v) is 13.4. The van der Waals surface area contributed by atoms with Gasteiger partial charge in [0.2, 0.25) is 5.91 Å². The molecule has 0 aliphatic carbocycles. The van der Waals surface area contributed by atoms with E-state index >= 15 is 0 Å². The van der Waals surface area contributed by atoms with Gasteiger partial charge in [-0.05, 0) is 23.8 Å². The number of Topliss-reactive ketones (excluding diaryl/α,β-unsaturated/α-hetero) is 1. The SMILES string of the molecule is O=C1Nc2cc(Cl)ccc2C(=O)C1C(=O)OCCc1ccccc1. The van der Waals surface area contributed by atoms with E-state index in [-0.39, 0.29) is 12.2 Å². The summed E-state index contributed by atoms with van der Waals surface area (Å²) in [5.41, 5.74) is 1.57. The topological polar surface area (TPSA) is 72.5 Å². The smallest absolute Gasteiger partial charge is 0.326 e. The van der Waals surface area contributed by atoms with Crippen LogP contribution in [-0.2, 0) is 20.7 Å². The van der Waals surface area contributed by atoms with E-state index in [4.69, 9.17) is 16.3 Å². The molecule has 2 aromatic carbocycles. The van der Waals surface area contributed by atoms with Crippen LogP contribution in [0.15, 0.2) is 48.5 Å². The molecular formula is C18H14ClNO4. The van der Waals surface area contributed by atoms with Crippen molar-refractivity contribution in [3.63, 3.8) is 0 Å². The minimum atomic E-state index is -1.48. The molecule has 0 aromatic heterocycles. The van der Waals surface area contributed by atoms with Gasteiger partial charge >= 0.3 is 5.97 Å². The molecule has 1 heterocycles. The van der Waals surface area contributed by atoms with Gasteiger partial charge in [0, 0.05) is 17.0 Å². The van der Waals surface area contributed by atoms with Gasteiger partial charge in [-0.2, -0.15) is 0 Å². The summed E-state index contributed by atoms with van der Waals surface area (Å²) < 4.78 is 5.12. The maximum absolute atomic E-state index is 12.4. The number of carbonyl (C=O) groups excluding carboxylic acids is 3. The first kappa shape index (κ1) is 16.2. The van der Waals surface area contributed by atoms with Gasteiger partial charge in [-0.3, -0.25) is 14.4 Å². The molecule has 1 aliphatic rings. The zero-order chi connectivity index (χ0) is 17.1. The van der Waals surface area contributed by atoms with Crippen molar-refractivity contribution in [3.8, 4) is 0 Å². The summed E-state index contributed by atoms with van der Waals surface area (Å²) in [4.78, 5) is 36.6. The largest absolute Gasteiger partial charge is 0.464 e. The number of hydrogen-bond donors (Lipinski definition) is 1. The Morgan fingerprint density at radius 3 is 2.62 bits per heavy atom. The Bertz CT molecular complexity index is 804. The van der Waals surface area contributed by atoms with E-state index in [1.807, 2.05) is 30.3 Å². The number of benzene rings is 2. The Morgan fingerprint density at radius 1 is 1.12 bits per heavy atom. The lowest BCUT2D eigenvalue weighted by Crippen LogP contribution is -2.41. The normalized spacial score (nSPS) is 16.3. The lowest BCUT2D eigenvalue weighted by molar-refractivity contribution is -0.149. The van der Waals surface area contributed by atoms with Gasteiger partial charge in [0.1, 0.15) is 0 Å². The molecule has 5 nitrogen and oxygen atoms in total. The molecule has 122 valence electrons. The molecule has 0 spiro atoms. The van der Waals surface area contributed by atoms with Crippen LogP contribution >= 0.6 is 11.6 Å². The highest BCUT2D eigenvalue weighted by Crippen LogP contribution is 2.29. The van der Waals surface area contributed by atoms with Crippen LogP contribution in [0.2, 0.25) is 5.02 Å². The van der Waals surface area contributed by atoms with Crippen LogP contribution in [0.4, 0.5) is 5.69 Å². The summed E-state index contributed by atoms with van der Waals surface area (Å²) in [5.74, 6) is -3.59. The number of rotatable bonds is 4. The molecule has 2 aromatic rings. The fourth-order valence-corrected chi connectivity index (χ4v) is 2.70. The fraction of sp³-hybridized carbons (Fsp3) is 0.167. The highest BCUT2D eigenvalue weighted by molar-refractivity contribution is 6.33. The first-order valence-corrected chi connectivity index (χ1v) is 7.79. The minimum absolute atomic E-state index is 0.105. The average molecular weight is 344 g/mol. The first-order valence-electron chi connectivity index (χ1n) is 7.41. The Balaban J connectivity index is 1.67. The summed E-state index contributed by atoms with van der Waals surface area (Å²) >= 11 is 5.84. The van der Waals surface area contributed by atoms with Crippen LogP contribution in [0, 0.1) is 5.92 Å². The van der Waals surface area contributed by atoms with Gasteiger partial charge in [0.25, 0.3) is 0 Å². The maximum atomic E-state index is 12.4. The third-order valence-electron chi connectivity index (χ3n) is 3.74. The molecule has 0 fully saturated rings.